The molecular formula is C22H30N2O6. The molecule has 3 rings (SSSR count). The van der Waals surface area contributed by atoms with E-state index in [0.29, 0.717) is 12.0 Å². The van der Waals surface area contributed by atoms with Crippen LogP contribution in [0.1, 0.15) is 51.6 Å². The molecular weight excluding hydrogens is 388 g/mol. The molecule has 0 aromatic heterocycles. The summed E-state index contributed by atoms with van der Waals surface area (Å²) in [5, 5.41) is 24.0. The van der Waals surface area contributed by atoms with E-state index in [0.717, 1.165) is 6.42 Å². The molecule has 0 aliphatic carbocycles. The third-order valence-corrected chi connectivity index (χ3v) is 6.18. The number of carbonyl (C=O) groups excluding carboxylic acids is 2. The van der Waals surface area contributed by atoms with E-state index in [1.54, 1.807) is 18.2 Å². The van der Waals surface area contributed by atoms with E-state index in [-0.39, 0.29) is 36.3 Å². The molecule has 30 heavy (non-hydrogen) atoms. The average molecular weight is 418 g/mol. The highest BCUT2D eigenvalue weighted by Gasteiger charge is 2.68. The topological polar surface area (TPSA) is 116 Å². The maximum atomic E-state index is 13.3. The van der Waals surface area contributed by atoms with Crippen LogP contribution in [-0.4, -0.2) is 52.1 Å². The van der Waals surface area contributed by atoms with Gasteiger partial charge in [-0.1, -0.05) is 39.3 Å². The van der Waals surface area contributed by atoms with E-state index in [2.05, 4.69) is 5.32 Å². The number of aromatic hydroxyl groups is 1. The number of unbranched alkanes of at least 4 members (excludes halogenated alkanes) is 1. The number of nitrogens with zero attached hydrogens (tertiary/aromatic N) is 1. The monoisotopic (exact) mass is 418 g/mol. The Morgan fingerprint density at radius 1 is 1.30 bits per heavy atom. The van der Waals surface area contributed by atoms with Crippen LogP contribution in [0.3, 0.4) is 0 Å². The fourth-order valence-corrected chi connectivity index (χ4v) is 4.94. The van der Waals surface area contributed by atoms with Crippen LogP contribution in [0.5, 0.6) is 11.5 Å². The zero-order valence-electron chi connectivity index (χ0n) is 17.8. The Morgan fingerprint density at radius 3 is 2.57 bits per heavy atom. The van der Waals surface area contributed by atoms with Crippen molar-refractivity contribution in [1.29, 1.82) is 0 Å². The molecule has 1 aromatic rings. The summed E-state index contributed by atoms with van der Waals surface area (Å²) in [5.41, 5.74) is -1.23. The summed E-state index contributed by atoms with van der Waals surface area (Å²) in [6, 6.07) is 4.07. The molecule has 2 saturated heterocycles. The Hall–Kier alpha value is -2.61. The third-order valence-electron chi connectivity index (χ3n) is 6.18. The van der Waals surface area contributed by atoms with Gasteiger partial charge in [-0.15, -0.1) is 0 Å². The maximum Gasteiger partial charge on any atom is 0.324 e. The second-order valence-corrected chi connectivity index (χ2v) is 8.58. The Morgan fingerprint density at radius 2 is 2.00 bits per heavy atom. The number of aliphatic carboxylic acids is 1. The van der Waals surface area contributed by atoms with Crippen molar-refractivity contribution in [3.8, 4) is 11.5 Å². The summed E-state index contributed by atoms with van der Waals surface area (Å²) in [7, 11) is 1.42. The van der Waals surface area contributed by atoms with Gasteiger partial charge in [0.15, 0.2) is 11.5 Å². The minimum atomic E-state index is -1.59. The predicted octanol–water partition coefficient (Wildman–Crippen LogP) is 2.32. The number of hydrogen-bond donors (Lipinski definition) is 3. The van der Waals surface area contributed by atoms with Gasteiger partial charge in [0, 0.05) is 18.2 Å². The fraction of sp³-hybridized carbons (Fsp3) is 0.591. The largest absolute Gasteiger partial charge is 0.504 e. The number of ether oxygens (including phenoxy) is 1. The lowest BCUT2D eigenvalue weighted by molar-refractivity contribution is -0.152. The summed E-state index contributed by atoms with van der Waals surface area (Å²) in [6.07, 6.45) is 1.65. The van der Waals surface area contributed by atoms with Gasteiger partial charge in [-0.05, 0) is 24.8 Å². The average Bonchev–Trinajstić information content (AvgIpc) is 3.15. The van der Waals surface area contributed by atoms with Gasteiger partial charge in [-0.2, -0.15) is 0 Å². The number of carboxylic acid groups (broad SMARTS) is 1. The van der Waals surface area contributed by atoms with Crippen LogP contribution in [-0.2, 0) is 14.4 Å². The summed E-state index contributed by atoms with van der Waals surface area (Å²) in [4.78, 5) is 40.4. The smallest absolute Gasteiger partial charge is 0.324 e. The van der Waals surface area contributed by atoms with E-state index >= 15 is 0 Å². The molecule has 0 bridgehead atoms. The van der Waals surface area contributed by atoms with Crippen molar-refractivity contribution in [3.05, 3.63) is 23.8 Å². The van der Waals surface area contributed by atoms with Crippen molar-refractivity contribution in [1.82, 2.24) is 10.2 Å². The maximum absolute atomic E-state index is 13.3. The molecule has 2 aliphatic rings. The van der Waals surface area contributed by atoms with E-state index in [1.807, 2.05) is 20.8 Å². The Labute approximate surface area is 176 Å². The number of amides is 2. The number of carbonyl (C=O) groups is 3. The minimum absolute atomic E-state index is 0.0282. The van der Waals surface area contributed by atoms with Gasteiger partial charge in [0.1, 0.15) is 5.54 Å². The van der Waals surface area contributed by atoms with Crippen molar-refractivity contribution in [2.45, 2.75) is 51.6 Å². The number of imide groups is 1. The van der Waals surface area contributed by atoms with Crippen LogP contribution < -0.4 is 10.1 Å². The standard InChI is InChI=1S/C22H30N2O6/c1-5-6-10-24-19(26)15-16(20(24)27)22(21(28)29,11-12(2)3)23-17(15)13-8-7-9-14(30-4)18(13)25/h7-9,12,15-17,23,25H,5-6,10-11H2,1-4H3,(H,28,29)/t15-,16-,17-,22-/m0/s1. The highest BCUT2D eigenvalue weighted by molar-refractivity contribution is 6.09. The van der Waals surface area contributed by atoms with E-state index in [9.17, 15) is 24.6 Å². The number of methoxy groups -OCH3 is 1. The van der Waals surface area contributed by atoms with Gasteiger partial charge < -0.3 is 14.9 Å². The SMILES string of the molecule is CCCCN1C(=O)[C@H]2[C@@H](C1=O)[C@@](CC(C)C)(C(=O)O)N[C@H]2c1cccc(OC)c1O. The van der Waals surface area contributed by atoms with Crippen molar-refractivity contribution in [2.24, 2.45) is 17.8 Å². The fourth-order valence-electron chi connectivity index (χ4n) is 4.94. The summed E-state index contributed by atoms with van der Waals surface area (Å²) in [5.74, 6) is -3.88. The van der Waals surface area contributed by atoms with Gasteiger partial charge >= 0.3 is 5.97 Å². The highest BCUT2D eigenvalue weighted by atomic mass is 16.5. The summed E-state index contributed by atoms with van der Waals surface area (Å²) < 4.78 is 5.19. The van der Waals surface area contributed by atoms with Gasteiger partial charge in [-0.25, -0.2) is 0 Å². The first-order valence-corrected chi connectivity index (χ1v) is 10.4. The zero-order valence-corrected chi connectivity index (χ0v) is 17.8. The van der Waals surface area contributed by atoms with Gasteiger partial charge in [0.25, 0.3) is 0 Å². The molecule has 2 heterocycles. The first-order chi connectivity index (χ1) is 14.2. The number of rotatable bonds is 8. The minimum Gasteiger partial charge on any atom is -0.504 e. The first-order valence-electron chi connectivity index (χ1n) is 10.4. The molecule has 164 valence electrons. The van der Waals surface area contributed by atoms with Crippen LogP contribution >= 0.6 is 0 Å². The molecule has 2 fully saturated rings. The van der Waals surface area contributed by atoms with Crippen LogP contribution in [0.4, 0.5) is 0 Å². The Kier molecular flexibility index (Phi) is 6.08. The van der Waals surface area contributed by atoms with Crippen LogP contribution in [0.15, 0.2) is 18.2 Å². The van der Waals surface area contributed by atoms with Gasteiger partial charge in [0.05, 0.1) is 18.9 Å². The number of phenolic OH excluding ortho intramolecular Hbond substituents is 1. The molecule has 2 aliphatic heterocycles. The second-order valence-electron chi connectivity index (χ2n) is 8.58. The van der Waals surface area contributed by atoms with Gasteiger partial charge in [-0.3, -0.25) is 24.6 Å². The summed E-state index contributed by atoms with van der Waals surface area (Å²) >= 11 is 0. The molecule has 3 N–H and O–H groups in total. The highest BCUT2D eigenvalue weighted by Crippen LogP contribution is 2.53. The predicted molar refractivity (Wildman–Crippen MR) is 109 cm³/mol. The van der Waals surface area contributed by atoms with Crippen LogP contribution in [0.2, 0.25) is 0 Å². The molecule has 0 radical (unpaired) electrons. The van der Waals surface area contributed by atoms with Crippen molar-refractivity contribution < 1.29 is 29.3 Å². The number of benzene rings is 1. The lowest BCUT2D eigenvalue weighted by atomic mass is 9.75. The van der Waals surface area contributed by atoms with Crippen LogP contribution in [0, 0.1) is 17.8 Å². The van der Waals surface area contributed by atoms with Crippen molar-refractivity contribution >= 4 is 17.8 Å². The van der Waals surface area contributed by atoms with Crippen LogP contribution in [0.25, 0.3) is 0 Å². The number of likely N-dealkylation sites (tertiary alicyclic amines) is 1. The van der Waals surface area contributed by atoms with Crippen molar-refractivity contribution in [2.75, 3.05) is 13.7 Å². The van der Waals surface area contributed by atoms with E-state index in [4.69, 9.17) is 4.74 Å². The van der Waals surface area contributed by atoms with Crippen molar-refractivity contribution in [3.63, 3.8) is 0 Å². The first kappa shape index (κ1) is 22.1. The molecule has 2 amide bonds. The third kappa shape index (κ3) is 3.33. The Balaban J connectivity index is 2.15. The lowest BCUT2D eigenvalue weighted by Gasteiger charge is -2.32. The quantitative estimate of drug-likeness (QED) is 0.555. The number of phenols is 1. The molecule has 1 aromatic carbocycles. The normalized spacial score (nSPS) is 28.3. The number of para-hydroxylation sites is 1. The molecule has 8 heteroatoms. The molecule has 0 saturated carbocycles. The number of carboxylic acids is 1. The number of hydrogen-bond acceptors (Lipinski definition) is 6. The second kappa shape index (κ2) is 8.26. The molecule has 8 nitrogen and oxygen atoms in total. The number of fused-ring (bicyclic) bond motifs is 1. The Bertz CT molecular complexity index is 854. The molecule has 0 unspecified atom stereocenters. The summed E-state index contributed by atoms with van der Waals surface area (Å²) in [6.45, 7) is 6.00. The zero-order chi connectivity index (χ0) is 22.2. The lowest BCUT2D eigenvalue weighted by Crippen LogP contribution is -2.56. The van der Waals surface area contributed by atoms with E-state index < -0.39 is 35.3 Å². The molecule has 4 atom stereocenters. The molecule has 0 spiro atoms. The van der Waals surface area contributed by atoms with E-state index in [1.165, 1.54) is 12.0 Å². The number of nitrogens with one attached hydrogen (secondary N) is 1. The van der Waals surface area contributed by atoms with Gasteiger partial charge in [0.2, 0.25) is 11.8 Å².